The molecule has 1 aliphatic rings. The molecule has 0 radical (unpaired) electrons. The van der Waals surface area contributed by atoms with Gasteiger partial charge in [0.15, 0.2) is 0 Å². The Morgan fingerprint density at radius 3 is 2.50 bits per heavy atom. The minimum atomic E-state index is -0.124. The lowest BCUT2D eigenvalue weighted by Crippen LogP contribution is -2.41. The highest BCUT2D eigenvalue weighted by Gasteiger charge is 2.20. The summed E-state index contributed by atoms with van der Waals surface area (Å²) in [4.78, 5) is 14.5. The molecule has 2 aromatic rings. The Kier molecular flexibility index (Phi) is 5.85. The van der Waals surface area contributed by atoms with Crippen LogP contribution in [-0.2, 0) is 6.54 Å². The first-order valence-corrected chi connectivity index (χ1v) is 8.66. The van der Waals surface area contributed by atoms with Crippen LogP contribution in [0.2, 0.25) is 0 Å². The summed E-state index contributed by atoms with van der Waals surface area (Å²) in [6, 6.07) is 20.0. The van der Waals surface area contributed by atoms with Gasteiger partial charge in [-0.25, -0.2) is 4.79 Å². The average molecular weight is 323 g/mol. The van der Waals surface area contributed by atoms with Crippen LogP contribution < -0.4 is 10.6 Å². The predicted octanol–water partition coefficient (Wildman–Crippen LogP) is 3.72. The molecule has 1 unspecified atom stereocenters. The Balaban J connectivity index is 1.43. The van der Waals surface area contributed by atoms with Gasteiger partial charge in [0.05, 0.1) is 0 Å². The Morgan fingerprint density at radius 2 is 1.75 bits per heavy atom. The van der Waals surface area contributed by atoms with Crippen molar-refractivity contribution < 1.29 is 4.79 Å². The van der Waals surface area contributed by atoms with Crippen molar-refractivity contribution in [3.63, 3.8) is 0 Å². The smallest absolute Gasteiger partial charge is 0.319 e. The number of para-hydroxylation sites is 1. The molecule has 1 aliphatic heterocycles. The number of anilines is 1. The third-order valence-corrected chi connectivity index (χ3v) is 4.44. The van der Waals surface area contributed by atoms with E-state index in [1.807, 2.05) is 30.3 Å². The number of nitrogens with zero attached hydrogens (tertiary/aromatic N) is 1. The zero-order chi connectivity index (χ0) is 16.6. The summed E-state index contributed by atoms with van der Waals surface area (Å²) in [5, 5.41) is 5.88. The molecule has 0 spiro atoms. The highest BCUT2D eigenvalue weighted by atomic mass is 16.2. The Morgan fingerprint density at radius 1 is 1.04 bits per heavy atom. The van der Waals surface area contributed by atoms with E-state index < -0.39 is 0 Å². The Bertz CT molecular complexity index is 630. The molecule has 1 saturated heterocycles. The van der Waals surface area contributed by atoms with Gasteiger partial charge in [0, 0.05) is 25.3 Å². The number of benzene rings is 2. The molecular formula is C20H25N3O. The summed E-state index contributed by atoms with van der Waals surface area (Å²) in [5.41, 5.74) is 2.18. The number of amides is 2. The summed E-state index contributed by atoms with van der Waals surface area (Å²) < 4.78 is 0. The third-order valence-electron chi connectivity index (χ3n) is 4.44. The molecule has 126 valence electrons. The van der Waals surface area contributed by atoms with E-state index >= 15 is 0 Å². The molecule has 0 bridgehead atoms. The summed E-state index contributed by atoms with van der Waals surface area (Å²) in [6.07, 6.45) is 2.37. The number of hydrogen-bond donors (Lipinski definition) is 2. The highest BCUT2D eigenvalue weighted by Crippen LogP contribution is 2.18. The van der Waals surface area contributed by atoms with E-state index in [-0.39, 0.29) is 6.03 Å². The minimum Gasteiger partial charge on any atom is -0.338 e. The van der Waals surface area contributed by atoms with E-state index in [4.69, 9.17) is 0 Å². The van der Waals surface area contributed by atoms with Crippen LogP contribution in [0.5, 0.6) is 0 Å². The first-order valence-electron chi connectivity index (χ1n) is 8.66. The molecule has 4 heteroatoms. The average Bonchev–Trinajstić information content (AvgIpc) is 2.62. The standard InChI is InChI=1S/C20H25N3O/c24-20(22-19-11-5-2-6-12-19)21-14-18-10-7-13-23(16-18)15-17-8-3-1-4-9-17/h1-6,8-9,11-12,18H,7,10,13-16H2,(H2,21,22,24). The van der Waals surface area contributed by atoms with E-state index in [1.54, 1.807) is 0 Å². The van der Waals surface area contributed by atoms with Crippen molar-refractivity contribution >= 4 is 11.7 Å². The largest absolute Gasteiger partial charge is 0.338 e. The first kappa shape index (κ1) is 16.5. The number of carbonyl (C=O) groups is 1. The number of urea groups is 1. The van der Waals surface area contributed by atoms with Gasteiger partial charge in [-0.2, -0.15) is 0 Å². The summed E-state index contributed by atoms with van der Waals surface area (Å²) in [5.74, 6) is 0.518. The molecule has 3 rings (SSSR count). The van der Waals surface area contributed by atoms with E-state index in [0.717, 1.165) is 31.9 Å². The van der Waals surface area contributed by atoms with Crippen LogP contribution in [0.3, 0.4) is 0 Å². The van der Waals surface area contributed by atoms with E-state index in [1.165, 1.54) is 18.4 Å². The summed E-state index contributed by atoms with van der Waals surface area (Å²) in [6.45, 7) is 3.90. The molecule has 1 fully saturated rings. The van der Waals surface area contributed by atoms with Gasteiger partial charge in [0.2, 0.25) is 0 Å². The van der Waals surface area contributed by atoms with Crippen molar-refractivity contribution in [1.29, 1.82) is 0 Å². The van der Waals surface area contributed by atoms with Gasteiger partial charge in [-0.1, -0.05) is 48.5 Å². The maximum absolute atomic E-state index is 12.0. The minimum absolute atomic E-state index is 0.124. The second kappa shape index (κ2) is 8.50. The lowest BCUT2D eigenvalue weighted by Gasteiger charge is -2.32. The molecule has 24 heavy (non-hydrogen) atoms. The van der Waals surface area contributed by atoms with Gasteiger partial charge in [0.1, 0.15) is 0 Å². The Hall–Kier alpha value is -2.33. The van der Waals surface area contributed by atoms with Gasteiger partial charge >= 0.3 is 6.03 Å². The maximum atomic E-state index is 12.0. The first-order chi connectivity index (χ1) is 11.8. The molecule has 4 nitrogen and oxygen atoms in total. The lowest BCUT2D eigenvalue weighted by molar-refractivity contribution is 0.166. The molecule has 0 aromatic heterocycles. The van der Waals surface area contributed by atoms with E-state index in [0.29, 0.717) is 5.92 Å². The van der Waals surface area contributed by atoms with Crippen molar-refractivity contribution in [3.05, 3.63) is 66.2 Å². The van der Waals surface area contributed by atoms with Crippen molar-refractivity contribution in [2.75, 3.05) is 25.0 Å². The third kappa shape index (κ3) is 5.10. The molecule has 2 aromatic carbocycles. The molecule has 2 N–H and O–H groups in total. The highest BCUT2D eigenvalue weighted by molar-refractivity contribution is 5.89. The van der Waals surface area contributed by atoms with Crippen LogP contribution >= 0.6 is 0 Å². The van der Waals surface area contributed by atoms with Gasteiger partial charge in [0.25, 0.3) is 0 Å². The second-order valence-electron chi connectivity index (χ2n) is 6.43. The molecule has 1 heterocycles. The molecule has 2 amide bonds. The summed E-state index contributed by atoms with van der Waals surface area (Å²) in [7, 11) is 0. The van der Waals surface area contributed by atoms with Crippen LogP contribution in [-0.4, -0.2) is 30.6 Å². The number of piperidine rings is 1. The lowest BCUT2D eigenvalue weighted by atomic mass is 9.97. The zero-order valence-corrected chi connectivity index (χ0v) is 13.9. The molecule has 0 aliphatic carbocycles. The second-order valence-corrected chi connectivity index (χ2v) is 6.43. The van der Waals surface area contributed by atoms with Crippen LogP contribution in [0.4, 0.5) is 10.5 Å². The van der Waals surface area contributed by atoms with Crippen molar-refractivity contribution in [2.45, 2.75) is 19.4 Å². The fraction of sp³-hybridized carbons (Fsp3) is 0.350. The SMILES string of the molecule is O=C(NCC1CCCN(Cc2ccccc2)C1)Nc1ccccc1. The number of rotatable bonds is 5. The quantitative estimate of drug-likeness (QED) is 0.881. The van der Waals surface area contributed by atoms with Gasteiger partial charge < -0.3 is 10.6 Å². The molecular weight excluding hydrogens is 298 g/mol. The van der Waals surface area contributed by atoms with E-state index in [2.05, 4.69) is 45.9 Å². The van der Waals surface area contributed by atoms with Crippen LogP contribution in [0.25, 0.3) is 0 Å². The fourth-order valence-corrected chi connectivity index (χ4v) is 3.24. The van der Waals surface area contributed by atoms with Crippen molar-refractivity contribution in [3.8, 4) is 0 Å². The van der Waals surface area contributed by atoms with Gasteiger partial charge in [-0.15, -0.1) is 0 Å². The number of nitrogens with one attached hydrogen (secondary N) is 2. The Labute approximate surface area is 143 Å². The van der Waals surface area contributed by atoms with Crippen molar-refractivity contribution in [2.24, 2.45) is 5.92 Å². The molecule has 0 saturated carbocycles. The van der Waals surface area contributed by atoms with Gasteiger partial charge in [-0.3, -0.25) is 4.90 Å². The summed E-state index contributed by atoms with van der Waals surface area (Å²) >= 11 is 0. The van der Waals surface area contributed by atoms with Crippen LogP contribution in [0.1, 0.15) is 18.4 Å². The fourth-order valence-electron chi connectivity index (χ4n) is 3.24. The number of carbonyl (C=O) groups excluding carboxylic acids is 1. The predicted molar refractivity (Wildman–Crippen MR) is 97.9 cm³/mol. The van der Waals surface area contributed by atoms with Gasteiger partial charge in [-0.05, 0) is 43.0 Å². The van der Waals surface area contributed by atoms with E-state index in [9.17, 15) is 4.79 Å². The van der Waals surface area contributed by atoms with Crippen LogP contribution in [0, 0.1) is 5.92 Å². The monoisotopic (exact) mass is 323 g/mol. The topological polar surface area (TPSA) is 44.4 Å². The van der Waals surface area contributed by atoms with Crippen LogP contribution in [0.15, 0.2) is 60.7 Å². The number of likely N-dealkylation sites (tertiary alicyclic amines) is 1. The normalized spacial score (nSPS) is 18.1. The molecule has 1 atom stereocenters. The number of hydrogen-bond acceptors (Lipinski definition) is 2. The van der Waals surface area contributed by atoms with Crippen molar-refractivity contribution in [1.82, 2.24) is 10.2 Å². The zero-order valence-electron chi connectivity index (χ0n) is 13.9. The maximum Gasteiger partial charge on any atom is 0.319 e.